The van der Waals surface area contributed by atoms with E-state index in [9.17, 15) is 9.59 Å². The van der Waals surface area contributed by atoms with Gasteiger partial charge in [-0.25, -0.2) is 4.79 Å². The third kappa shape index (κ3) is 1.29. The largest absolute Gasteiger partial charge is 0.465 e. The Balaban J connectivity index is 2.23. The van der Waals surface area contributed by atoms with Gasteiger partial charge < -0.3 is 9.84 Å². The van der Waals surface area contributed by atoms with Crippen molar-refractivity contribution in [2.75, 3.05) is 19.4 Å². The fourth-order valence-corrected chi connectivity index (χ4v) is 2.82. The van der Waals surface area contributed by atoms with E-state index < -0.39 is 12.1 Å². The highest BCUT2D eigenvalue weighted by atomic mass is 32.2. The van der Waals surface area contributed by atoms with Crippen molar-refractivity contribution in [3.63, 3.8) is 0 Å². The fourth-order valence-electron chi connectivity index (χ4n) is 2.02. The zero-order valence-electron chi connectivity index (χ0n) is 7.67. The van der Waals surface area contributed by atoms with Crippen LogP contribution in [0.1, 0.15) is 0 Å². The number of carbonyl (C=O) groups excluding carboxylic acids is 1. The first kappa shape index (κ1) is 9.79. The third-order valence-electron chi connectivity index (χ3n) is 2.69. The first-order valence-electron chi connectivity index (χ1n) is 4.32. The van der Waals surface area contributed by atoms with Crippen molar-refractivity contribution in [3.8, 4) is 0 Å². The summed E-state index contributed by atoms with van der Waals surface area (Å²) in [7, 11) is 0. The minimum Gasteiger partial charge on any atom is -0.465 e. The molecule has 14 heavy (non-hydrogen) atoms. The predicted octanol–water partition coefficient (Wildman–Crippen LogP) is 0.0481. The number of Topliss-reactive ketones (excluding diaryl/α,β-unsaturated/α-hetero) is 1. The number of rotatable bonds is 1. The summed E-state index contributed by atoms with van der Waals surface area (Å²) in [6.45, 7) is 0.438. The van der Waals surface area contributed by atoms with Crippen LogP contribution < -0.4 is 0 Å². The summed E-state index contributed by atoms with van der Waals surface area (Å²) in [4.78, 5) is 23.4. The van der Waals surface area contributed by atoms with Gasteiger partial charge in [0.2, 0.25) is 0 Å². The smallest absolute Gasteiger partial charge is 0.408 e. The van der Waals surface area contributed by atoms with Gasteiger partial charge in [-0.2, -0.15) is 11.8 Å². The van der Waals surface area contributed by atoms with Crippen molar-refractivity contribution < 1.29 is 19.4 Å². The van der Waals surface area contributed by atoms with Crippen LogP contribution in [-0.4, -0.2) is 58.7 Å². The SMILES string of the molecule is CS[C@H]1CN(C(=O)O)[C@@H]2C(=O)CO[C@H]12. The number of nitrogens with zero attached hydrogens (tertiary/aromatic N) is 1. The number of amides is 1. The number of hydrogen-bond acceptors (Lipinski definition) is 4. The molecule has 2 saturated heterocycles. The number of hydrogen-bond donors (Lipinski definition) is 1. The second-order valence-electron chi connectivity index (χ2n) is 3.40. The summed E-state index contributed by atoms with van der Waals surface area (Å²) >= 11 is 1.55. The Kier molecular flexibility index (Phi) is 2.40. The lowest BCUT2D eigenvalue weighted by Crippen LogP contribution is -2.41. The van der Waals surface area contributed by atoms with E-state index in [0.717, 1.165) is 0 Å². The summed E-state index contributed by atoms with van der Waals surface area (Å²) in [5.41, 5.74) is 0. The van der Waals surface area contributed by atoms with Crippen molar-refractivity contribution in [2.45, 2.75) is 17.4 Å². The van der Waals surface area contributed by atoms with Crippen LogP contribution in [0.15, 0.2) is 0 Å². The van der Waals surface area contributed by atoms with E-state index in [4.69, 9.17) is 9.84 Å². The quantitative estimate of drug-likeness (QED) is 0.672. The maximum atomic E-state index is 11.4. The zero-order valence-corrected chi connectivity index (χ0v) is 8.49. The van der Waals surface area contributed by atoms with E-state index in [2.05, 4.69) is 0 Å². The number of fused-ring (bicyclic) bond motifs is 1. The van der Waals surface area contributed by atoms with Gasteiger partial charge in [-0.05, 0) is 6.26 Å². The van der Waals surface area contributed by atoms with Gasteiger partial charge in [0.05, 0.1) is 11.4 Å². The van der Waals surface area contributed by atoms with Crippen LogP contribution in [0.25, 0.3) is 0 Å². The molecule has 2 aliphatic rings. The standard InChI is InChI=1S/C8H11NO4S/c1-14-5-2-9(8(11)12)6-4(10)3-13-7(5)6/h5-7H,2-3H2,1H3,(H,11,12)/t5-,6+,7+/m0/s1. The summed E-state index contributed by atoms with van der Waals surface area (Å²) in [6, 6.07) is -0.565. The summed E-state index contributed by atoms with van der Waals surface area (Å²) in [5, 5.41) is 8.99. The number of carboxylic acid groups (broad SMARTS) is 1. The van der Waals surface area contributed by atoms with Gasteiger partial charge in [-0.3, -0.25) is 9.69 Å². The molecule has 3 atom stereocenters. The lowest BCUT2D eigenvalue weighted by molar-refractivity contribution is -0.120. The number of ketones is 1. The molecule has 1 N–H and O–H groups in total. The Labute approximate surface area is 85.4 Å². The van der Waals surface area contributed by atoms with Crippen molar-refractivity contribution in [2.24, 2.45) is 0 Å². The van der Waals surface area contributed by atoms with E-state index in [0.29, 0.717) is 6.54 Å². The Morgan fingerprint density at radius 3 is 3.00 bits per heavy atom. The molecular formula is C8H11NO4S. The van der Waals surface area contributed by atoms with Crippen LogP contribution >= 0.6 is 11.8 Å². The van der Waals surface area contributed by atoms with Gasteiger partial charge in [-0.1, -0.05) is 0 Å². The molecule has 5 nitrogen and oxygen atoms in total. The molecule has 0 radical (unpaired) electrons. The molecule has 0 unspecified atom stereocenters. The maximum absolute atomic E-state index is 11.4. The van der Waals surface area contributed by atoms with Crippen LogP contribution in [0.5, 0.6) is 0 Å². The van der Waals surface area contributed by atoms with Gasteiger partial charge >= 0.3 is 6.09 Å². The molecule has 1 amide bonds. The molecule has 0 aromatic heterocycles. The Bertz CT molecular complexity index is 283. The van der Waals surface area contributed by atoms with E-state index in [1.165, 1.54) is 4.90 Å². The van der Waals surface area contributed by atoms with Gasteiger partial charge in [0.1, 0.15) is 12.6 Å². The number of likely N-dealkylation sites (tertiary alicyclic amines) is 1. The Hall–Kier alpha value is -0.750. The molecule has 6 heteroatoms. The Morgan fingerprint density at radius 2 is 2.43 bits per heavy atom. The highest BCUT2D eigenvalue weighted by Crippen LogP contribution is 2.33. The molecule has 2 rings (SSSR count). The normalized spacial score (nSPS) is 36.2. The summed E-state index contributed by atoms with van der Waals surface area (Å²) in [5.74, 6) is -0.117. The molecule has 0 bridgehead atoms. The summed E-state index contributed by atoms with van der Waals surface area (Å²) in [6.07, 6.45) is 0.628. The number of thioether (sulfide) groups is 1. The molecule has 78 valence electrons. The van der Waals surface area contributed by atoms with Crippen molar-refractivity contribution in [1.29, 1.82) is 0 Å². The highest BCUT2D eigenvalue weighted by molar-refractivity contribution is 7.99. The van der Waals surface area contributed by atoms with Crippen LogP contribution in [-0.2, 0) is 9.53 Å². The second-order valence-corrected chi connectivity index (χ2v) is 4.47. The molecule has 0 aromatic rings. The number of carbonyl (C=O) groups is 2. The molecule has 0 aromatic carbocycles. The lowest BCUT2D eigenvalue weighted by atomic mass is 10.1. The second kappa shape index (κ2) is 3.43. The zero-order chi connectivity index (χ0) is 10.3. The Morgan fingerprint density at radius 1 is 1.71 bits per heavy atom. The van der Waals surface area contributed by atoms with E-state index >= 15 is 0 Å². The van der Waals surface area contributed by atoms with E-state index in [-0.39, 0.29) is 23.7 Å². The van der Waals surface area contributed by atoms with E-state index in [1.54, 1.807) is 11.8 Å². The topological polar surface area (TPSA) is 66.8 Å². The minimum atomic E-state index is -1.03. The maximum Gasteiger partial charge on any atom is 0.408 e. The van der Waals surface area contributed by atoms with E-state index in [1.807, 2.05) is 6.26 Å². The number of ether oxygens (including phenoxy) is 1. The predicted molar refractivity (Wildman–Crippen MR) is 50.6 cm³/mol. The van der Waals surface area contributed by atoms with Crippen LogP contribution in [0.3, 0.4) is 0 Å². The first-order chi connectivity index (χ1) is 6.65. The molecular weight excluding hydrogens is 206 g/mol. The van der Waals surface area contributed by atoms with Crippen LogP contribution in [0.2, 0.25) is 0 Å². The molecule has 0 saturated carbocycles. The molecule has 0 aliphatic carbocycles. The monoisotopic (exact) mass is 217 g/mol. The average Bonchev–Trinajstić information content (AvgIpc) is 2.66. The summed E-state index contributed by atoms with van der Waals surface area (Å²) < 4.78 is 5.30. The van der Waals surface area contributed by atoms with Crippen LogP contribution in [0, 0.1) is 0 Å². The fraction of sp³-hybridized carbons (Fsp3) is 0.750. The average molecular weight is 217 g/mol. The first-order valence-corrected chi connectivity index (χ1v) is 5.60. The molecule has 0 spiro atoms. The molecule has 2 aliphatic heterocycles. The van der Waals surface area contributed by atoms with Gasteiger partial charge in [0, 0.05) is 6.54 Å². The lowest BCUT2D eigenvalue weighted by Gasteiger charge is -2.16. The van der Waals surface area contributed by atoms with Crippen molar-refractivity contribution >= 4 is 23.6 Å². The van der Waals surface area contributed by atoms with Gasteiger partial charge in [0.25, 0.3) is 0 Å². The van der Waals surface area contributed by atoms with Crippen LogP contribution in [0.4, 0.5) is 4.79 Å². The van der Waals surface area contributed by atoms with Crippen molar-refractivity contribution in [3.05, 3.63) is 0 Å². The molecule has 2 heterocycles. The highest BCUT2D eigenvalue weighted by Gasteiger charge is 2.52. The molecule has 2 fully saturated rings. The minimum absolute atomic E-state index is 0.0518. The van der Waals surface area contributed by atoms with Crippen molar-refractivity contribution in [1.82, 2.24) is 4.90 Å². The van der Waals surface area contributed by atoms with Gasteiger partial charge in [-0.15, -0.1) is 0 Å². The van der Waals surface area contributed by atoms with Gasteiger partial charge in [0.15, 0.2) is 5.78 Å². The third-order valence-corrected chi connectivity index (χ3v) is 3.71.